The van der Waals surface area contributed by atoms with E-state index in [0.29, 0.717) is 11.4 Å². The van der Waals surface area contributed by atoms with Crippen molar-refractivity contribution < 1.29 is 9.59 Å². The van der Waals surface area contributed by atoms with Crippen LogP contribution in [0.5, 0.6) is 0 Å². The summed E-state index contributed by atoms with van der Waals surface area (Å²) < 4.78 is 0.917. The number of halogens is 1. The van der Waals surface area contributed by atoms with Crippen LogP contribution in [0.4, 0.5) is 11.4 Å². The predicted molar refractivity (Wildman–Crippen MR) is 96.5 cm³/mol. The summed E-state index contributed by atoms with van der Waals surface area (Å²) in [7, 11) is 0. The van der Waals surface area contributed by atoms with Crippen molar-refractivity contribution in [2.24, 2.45) is 0 Å². The van der Waals surface area contributed by atoms with E-state index in [0.717, 1.165) is 14.9 Å². The first kappa shape index (κ1) is 16.1. The highest BCUT2D eigenvalue weighted by molar-refractivity contribution is 9.10. The van der Waals surface area contributed by atoms with E-state index in [4.69, 9.17) is 5.73 Å². The highest BCUT2D eigenvalue weighted by Crippen LogP contribution is 2.37. The molecule has 2 amide bonds. The van der Waals surface area contributed by atoms with E-state index in [9.17, 15) is 9.59 Å². The molecule has 23 heavy (non-hydrogen) atoms. The maximum absolute atomic E-state index is 12.7. The SMILES string of the molecule is Cc1cc(Br)ccc1N1C(=O)CC(Sc2ccccc2N)C1=O. The zero-order valence-electron chi connectivity index (χ0n) is 12.5. The lowest BCUT2D eigenvalue weighted by Gasteiger charge is -2.17. The van der Waals surface area contributed by atoms with E-state index in [1.165, 1.54) is 16.7 Å². The number of hydrogen-bond donors (Lipinski definition) is 1. The first-order valence-electron chi connectivity index (χ1n) is 7.11. The van der Waals surface area contributed by atoms with Crippen molar-refractivity contribution in [3.8, 4) is 0 Å². The summed E-state index contributed by atoms with van der Waals surface area (Å²) in [5.41, 5.74) is 8.08. The molecule has 1 heterocycles. The Labute approximate surface area is 147 Å². The molecule has 0 radical (unpaired) electrons. The molecule has 0 aliphatic carbocycles. The lowest BCUT2D eigenvalue weighted by molar-refractivity contribution is -0.121. The standard InChI is InChI=1S/C17H15BrN2O2S/c1-10-8-11(18)6-7-13(10)20-16(21)9-15(17(20)22)23-14-5-3-2-4-12(14)19/h2-8,15H,9,19H2,1H3. The van der Waals surface area contributed by atoms with E-state index < -0.39 is 5.25 Å². The number of carbonyl (C=O) groups excluding carboxylic acids is 2. The van der Waals surface area contributed by atoms with Gasteiger partial charge in [0.25, 0.3) is 0 Å². The molecule has 0 saturated carbocycles. The number of aryl methyl sites for hydroxylation is 1. The van der Waals surface area contributed by atoms with Gasteiger partial charge in [0.15, 0.2) is 0 Å². The third-order valence-electron chi connectivity index (χ3n) is 3.69. The van der Waals surface area contributed by atoms with Gasteiger partial charge < -0.3 is 5.73 Å². The molecule has 1 aliphatic heterocycles. The number of nitrogens with two attached hydrogens (primary N) is 1. The number of anilines is 2. The summed E-state index contributed by atoms with van der Waals surface area (Å²) in [6.45, 7) is 1.89. The predicted octanol–water partition coefficient (Wildman–Crippen LogP) is 3.76. The number of hydrogen-bond acceptors (Lipinski definition) is 4. The molecule has 3 rings (SSSR count). The largest absolute Gasteiger partial charge is 0.398 e. The van der Waals surface area contributed by atoms with Gasteiger partial charge in [0.1, 0.15) is 0 Å². The van der Waals surface area contributed by atoms with Crippen molar-refractivity contribution in [2.75, 3.05) is 10.6 Å². The number of nitrogens with zero attached hydrogens (tertiary/aromatic N) is 1. The zero-order chi connectivity index (χ0) is 16.6. The second kappa shape index (κ2) is 6.37. The molecular formula is C17H15BrN2O2S. The average molecular weight is 391 g/mol. The number of thioether (sulfide) groups is 1. The second-order valence-corrected chi connectivity index (χ2v) is 7.51. The van der Waals surface area contributed by atoms with Crippen LogP contribution in [0.1, 0.15) is 12.0 Å². The van der Waals surface area contributed by atoms with Crippen LogP contribution in [-0.4, -0.2) is 17.1 Å². The quantitative estimate of drug-likeness (QED) is 0.639. The molecule has 2 aromatic carbocycles. The van der Waals surface area contributed by atoms with Crippen LogP contribution >= 0.6 is 27.7 Å². The van der Waals surface area contributed by atoms with Crippen LogP contribution in [0.2, 0.25) is 0 Å². The Bertz CT molecular complexity index is 794. The Morgan fingerprint density at radius 3 is 2.65 bits per heavy atom. The molecule has 1 unspecified atom stereocenters. The fraction of sp³-hybridized carbons (Fsp3) is 0.176. The number of imide groups is 1. The van der Waals surface area contributed by atoms with Gasteiger partial charge in [0.05, 0.1) is 10.9 Å². The maximum atomic E-state index is 12.7. The molecule has 2 N–H and O–H groups in total. The highest BCUT2D eigenvalue weighted by Gasteiger charge is 2.40. The molecule has 1 aliphatic rings. The zero-order valence-corrected chi connectivity index (χ0v) is 14.9. The minimum atomic E-state index is -0.435. The van der Waals surface area contributed by atoms with Crippen molar-refractivity contribution in [3.05, 3.63) is 52.5 Å². The van der Waals surface area contributed by atoms with Crippen LogP contribution in [0, 0.1) is 6.92 Å². The summed E-state index contributed by atoms with van der Waals surface area (Å²) in [6.07, 6.45) is 0.188. The monoisotopic (exact) mass is 390 g/mol. The third-order valence-corrected chi connectivity index (χ3v) is 5.47. The van der Waals surface area contributed by atoms with Crippen LogP contribution in [0.3, 0.4) is 0 Å². The lowest BCUT2D eigenvalue weighted by Crippen LogP contribution is -2.31. The van der Waals surface area contributed by atoms with Crippen molar-refractivity contribution in [2.45, 2.75) is 23.5 Å². The van der Waals surface area contributed by atoms with Crippen molar-refractivity contribution in [1.82, 2.24) is 0 Å². The van der Waals surface area contributed by atoms with Crippen LogP contribution in [0.25, 0.3) is 0 Å². The molecule has 0 aromatic heterocycles. The van der Waals surface area contributed by atoms with Crippen LogP contribution in [0.15, 0.2) is 51.8 Å². The molecular weight excluding hydrogens is 376 g/mol. The number of carbonyl (C=O) groups is 2. The Balaban J connectivity index is 1.87. The molecule has 0 spiro atoms. The van der Waals surface area contributed by atoms with Gasteiger partial charge >= 0.3 is 0 Å². The lowest BCUT2D eigenvalue weighted by atomic mass is 10.2. The maximum Gasteiger partial charge on any atom is 0.247 e. The highest BCUT2D eigenvalue weighted by atomic mass is 79.9. The van der Waals surface area contributed by atoms with Crippen LogP contribution < -0.4 is 10.6 Å². The normalized spacial score (nSPS) is 17.8. The average Bonchev–Trinajstić information content (AvgIpc) is 2.77. The molecule has 2 aromatic rings. The first-order valence-corrected chi connectivity index (χ1v) is 8.79. The number of amides is 2. The van der Waals surface area contributed by atoms with Gasteiger partial charge in [0.2, 0.25) is 11.8 Å². The fourth-order valence-corrected chi connectivity index (χ4v) is 4.14. The van der Waals surface area contributed by atoms with Crippen molar-refractivity contribution in [1.29, 1.82) is 0 Å². The summed E-state index contributed by atoms with van der Waals surface area (Å²) in [5, 5.41) is -0.435. The van der Waals surface area contributed by atoms with Crippen LogP contribution in [-0.2, 0) is 9.59 Å². The Kier molecular flexibility index (Phi) is 4.46. The van der Waals surface area contributed by atoms with Crippen molar-refractivity contribution in [3.63, 3.8) is 0 Å². The van der Waals surface area contributed by atoms with Gasteiger partial charge in [-0.15, -0.1) is 11.8 Å². The minimum absolute atomic E-state index is 0.174. The molecule has 1 atom stereocenters. The second-order valence-electron chi connectivity index (χ2n) is 5.35. The van der Waals surface area contributed by atoms with Gasteiger partial charge in [0, 0.05) is 21.5 Å². The summed E-state index contributed by atoms with van der Waals surface area (Å²) in [6, 6.07) is 12.9. The molecule has 4 nitrogen and oxygen atoms in total. The summed E-state index contributed by atoms with van der Waals surface area (Å²) >= 11 is 4.74. The van der Waals surface area contributed by atoms with E-state index in [2.05, 4.69) is 15.9 Å². The summed E-state index contributed by atoms with van der Waals surface area (Å²) in [5.74, 6) is -0.360. The first-order chi connectivity index (χ1) is 11.0. The number of para-hydroxylation sites is 1. The van der Waals surface area contributed by atoms with Crippen molar-refractivity contribution >= 4 is 50.9 Å². The number of benzene rings is 2. The fourth-order valence-electron chi connectivity index (χ4n) is 2.56. The number of rotatable bonds is 3. The molecule has 1 saturated heterocycles. The number of nitrogen functional groups attached to an aromatic ring is 1. The third kappa shape index (κ3) is 3.14. The van der Waals surface area contributed by atoms with Gasteiger partial charge in [-0.25, -0.2) is 4.90 Å². The van der Waals surface area contributed by atoms with E-state index in [-0.39, 0.29) is 18.2 Å². The van der Waals surface area contributed by atoms with Gasteiger partial charge in [-0.05, 0) is 42.8 Å². The molecule has 118 valence electrons. The van der Waals surface area contributed by atoms with E-state index in [1.54, 1.807) is 12.1 Å². The van der Waals surface area contributed by atoms with Gasteiger partial charge in [-0.1, -0.05) is 28.1 Å². The topological polar surface area (TPSA) is 63.4 Å². The van der Waals surface area contributed by atoms with E-state index >= 15 is 0 Å². The Hall–Kier alpha value is -1.79. The van der Waals surface area contributed by atoms with E-state index in [1.807, 2.05) is 37.3 Å². The molecule has 1 fully saturated rings. The molecule has 6 heteroatoms. The smallest absolute Gasteiger partial charge is 0.247 e. The van der Waals surface area contributed by atoms with Gasteiger partial charge in [-0.3, -0.25) is 9.59 Å². The minimum Gasteiger partial charge on any atom is -0.398 e. The van der Waals surface area contributed by atoms with Gasteiger partial charge in [-0.2, -0.15) is 0 Å². The summed E-state index contributed by atoms with van der Waals surface area (Å²) in [4.78, 5) is 27.2. The Morgan fingerprint density at radius 2 is 1.96 bits per heavy atom. The Morgan fingerprint density at radius 1 is 1.22 bits per heavy atom. The molecule has 0 bridgehead atoms.